The van der Waals surface area contributed by atoms with Gasteiger partial charge < -0.3 is 81.1 Å². The van der Waals surface area contributed by atoms with Crippen molar-refractivity contribution in [3.05, 3.63) is 154 Å². The van der Waals surface area contributed by atoms with Crippen LogP contribution in [0, 0.1) is 34.5 Å². The Morgan fingerprint density at radius 3 is 1.80 bits per heavy atom. The van der Waals surface area contributed by atoms with E-state index in [4.69, 9.17) is 49.4 Å². The second-order valence-electron chi connectivity index (χ2n) is 37.6. The number of aromatic hydroxyl groups is 1. The third kappa shape index (κ3) is 27.6. The van der Waals surface area contributed by atoms with Crippen molar-refractivity contribution in [1.29, 1.82) is 0 Å². The largest absolute Gasteiger partial charge is 0.508 e. The summed E-state index contributed by atoms with van der Waals surface area (Å²) >= 11 is 0. The van der Waals surface area contributed by atoms with Gasteiger partial charge in [-0.1, -0.05) is 158 Å². The van der Waals surface area contributed by atoms with E-state index in [1.54, 1.807) is 44.2 Å². The lowest BCUT2D eigenvalue weighted by molar-refractivity contribution is -0.146. The number of nitrogens with one attached hydrogen (secondary N) is 5. The van der Waals surface area contributed by atoms with Crippen molar-refractivity contribution in [2.75, 3.05) is 117 Å². The summed E-state index contributed by atoms with van der Waals surface area (Å²) in [5, 5.41) is 33.8. The van der Waals surface area contributed by atoms with Gasteiger partial charge in [0.05, 0.1) is 117 Å². The maximum absolute atomic E-state index is 15.0. The molecule has 10 N–H and O–H groups in total. The molecule has 0 spiro atoms. The van der Waals surface area contributed by atoms with Gasteiger partial charge in [0, 0.05) is 91.3 Å². The number of carbonyl (C=O) groups is 10. The third-order valence-corrected chi connectivity index (χ3v) is 28.1. The number of aromatic nitrogens is 3. The highest BCUT2D eigenvalue weighted by Gasteiger charge is 2.58. The van der Waals surface area contributed by atoms with Crippen LogP contribution in [0.5, 0.6) is 5.75 Å². The Morgan fingerprint density at radius 1 is 0.568 bits per heavy atom. The number of carbonyl (C=O) groups excluding carboxylic acids is 10. The number of ether oxygens (including phenoxy) is 8. The fraction of sp³-hybridized carbons (Fsp3) is 0.592. The number of hydrogen-bond acceptors (Lipinski definition) is 22. The molecule has 0 aliphatic heterocycles. The Kier molecular flexibility index (Phi) is 39.1. The molecule has 718 valence electrons. The maximum atomic E-state index is 15.0. The number of ketones is 5. The molecule has 6 amide bonds. The lowest BCUT2D eigenvalue weighted by Gasteiger charge is -2.56. The zero-order chi connectivity index (χ0) is 94.2. The van der Waals surface area contributed by atoms with Gasteiger partial charge >= 0.3 is 12.1 Å². The third-order valence-electron chi connectivity index (χ3n) is 28.1. The smallest absolute Gasteiger partial charge is 0.408 e. The molecule has 29 heteroatoms. The number of nitrogens with zero attached hydrogens (tertiary/aromatic N) is 3. The minimum absolute atomic E-state index is 0.0146. The highest BCUT2D eigenvalue weighted by Crippen LogP contribution is 2.61. The number of hydrogen-bond donors (Lipinski definition) is 8. The van der Waals surface area contributed by atoms with Crippen molar-refractivity contribution in [1.82, 2.24) is 36.3 Å². The number of urea groups is 1. The summed E-state index contributed by atoms with van der Waals surface area (Å²) in [6, 6.07) is 31.8. The molecule has 2 unspecified atom stereocenters. The standard InChI is InChI=1S/C103H142N10O19/c1-8-9-48-125-52-56-129-59-55-128-51-47-113-96-78-21-11-10-19-74(78)64-81(79-22-12-13-23-80(79)95(96)111-112-113)85(115)35-38-92(120)106-46-50-127-54-58-131-61-60-130-57-53-126-49-39-93(121)110-94(69(2)3)87(117)65-75(20-16-45-107-98(105)123)97(122)108-76-32-26-70(27-33-76)68-132-99(124)109-84(24-14-15-44-104)86(116)63-71-25-28-72-30-36-88-100(4,82(72)62-71)40-17-42-102(88,6)90(118)67-91(119)103(7)43-18-41-101(5)83-66-77(114)34-29-73(83)31-37-89(101)103/h10-13,19,21-23,25-29,32-34,62,66,69,75,81,84,88-89,94,114H,8-9,14-18,20,24,30-31,35-61,63-65,67-68,104H2,1-7H3,(H,106,120)(H,108,122)(H,109,124)(H,110,121)(H3,105,107,123)/t75-,81?,84+,88-,89-,94?,100-,101-,102+,103+/m1/s1. The number of amides is 6. The molecule has 29 nitrogen and oxygen atoms in total. The van der Waals surface area contributed by atoms with E-state index in [2.05, 4.69) is 83.6 Å². The molecule has 10 atom stereocenters. The molecule has 5 aliphatic rings. The van der Waals surface area contributed by atoms with Crippen LogP contribution in [0.3, 0.4) is 0 Å². The van der Waals surface area contributed by atoms with Gasteiger partial charge in [0.1, 0.15) is 35.4 Å². The second-order valence-corrected chi connectivity index (χ2v) is 37.6. The van der Waals surface area contributed by atoms with E-state index >= 15 is 4.79 Å². The molecule has 2 fully saturated rings. The molecule has 5 aliphatic carbocycles. The first kappa shape index (κ1) is 103. The van der Waals surface area contributed by atoms with E-state index in [0.717, 1.165) is 122 Å². The maximum Gasteiger partial charge on any atom is 0.408 e. The minimum Gasteiger partial charge on any atom is -0.508 e. The molecular weight excluding hydrogens is 1680 g/mol. The van der Waals surface area contributed by atoms with Crippen molar-refractivity contribution in [2.45, 2.75) is 245 Å². The molecule has 1 aromatic heterocycles. The van der Waals surface area contributed by atoms with Crippen molar-refractivity contribution in [2.24, 2.45) is 46.0 Å². The van der Waals surface area contributed by atoms with Gasteiger partial charge in [-0.15, -0.1) is 5.10 Å². The molecule has 0 radical (unpaired) electrons. The topological polar surface area (TPSA) is 408 Å². The number of unbranched alkanes of at least 4 members (excludes halogenated alkanes) is 2. The summed E-state index contributed by atoms with van der Waals surface area (Å²) in [6.07, 6.45) is 11.9. The van der Waals surface area contributed by atoms with Crippen molar-refractivity contribution < 1.29 is 90.9 Å². The minimum atomic E-state index is -0.919. The fourth-order valence-electron chi connectivity index (χ4n) is 20.9. The Balaban J connectivity index is 0.555. The molecule has 0 bridgehead atoms. The number of alkyl carbamates (subject to hydrolysis) is 1. The van der Waals surface area contributed by atoms with E-state index < -0.39 is 58.7 Å². The predicted octanol–water partition coefficient (Wildman–Crippen LogP) is 13.3. The molecular formula is C103H142N10O19. The molecule has 1 heterocycles. The average molecular weight is 1820 g/mol. The van der Waals surface area contributed by atoms with Gasteiger partial charge in [0.25, 0.3) is 0 Å². The number of fused-ring (bicyclic) bond motifs is 11. The van der Waals surface area contributed by atoms with Gasteiger partial charge in [-0.25, -0.2) is 14.3 Å². The molecule has 132 heavy (non-hydrogen) atoms. The van der Waals surface area contributed by atoms with E-state index in [9.17, 15) is 48.3 Å². The Morgan fingerprint density at radius 2 is 1.16 bits per heavy atom. The number of primary amides is 1. The lowest BCUT2D eigenvalue weighted by atomic mass is 9.47. The van der Waals surface area contributed by atoms with Crippen LogP contribution in [0.1, 0.15) is 227 Å². The van der Waals surface area contributed by atoms with E-state index in [0.29, 0.717) is 115 Å². The van der Waals surface area contributed by atoms with Gasteiger partial charge in [0.2, 0.25) is 17.7 Å². The van der Waals surface area contributed by atoms with Crippen LogP contribution in [-0.2, 0) is 126 Å². The summed E-state index contributed by atoms with van der Waals surface area (Å²) in [4.78, 5) is 138. The number of anilines is 1. The van der Waals surface area contributed by atoms with Crippen LogP contribution in [0.15, 0.2) is 109 Å². The summed E-state index contributed by atoms with van der Waals surface area (Å²) in [6.45, 7) is 20.6. The first-order chi connectivity index (χ1) is 63.7. The van der Waals surface area contributed by atoms with Crippen molar-refractivity contribution in [3.63, 3.8) is 0 Å². The van der Waals surface area contributed by atoms with Crippen molar-refractivity contribution >= 4 is 64.4 Å². The van der Waals surface area contributed by atoms with Crippen LogP contribution in [0.25, 0.3) is 22.5 Å². The first-order valence-corrected chi connectivity index (χ1v) is 48.0. The molecule has 2 saturated carbocycles. The SMILES string of the molecule is CCCCOCCOCCOCCn1nnc2c1-c1ccccc1CC(C(=O)CCC(=O)NCCOCCOCCOCCOCCC(=O)NC(C(=O)C[C@@H](CCCNC(N)=O)C(=O)Nc1ccc(COC(=O)N[C@@H](CCCCN)C(=O)Cc3ccc4c(c3)[C@@]3(C)CCC[C@](C)(C(=O)CC(=O)[C@@]5(C)CCC[C@]6(C)c7cc(O)ccc7CC[C@@H]56)[C@@H]3CC4)cc1)C(C)C)c1ccccc1-2. The summed E-state index contributed by atoms with van der Waals surface area (Å²) < 4.78 is 47.3. The monoisotopic (exact) mass is 1820 g/mol. The first-order valence-electron chi connectivity index (χ1n) is 48.0. The molecule has 5 aromatic carbocycles. The number of phenolic OH excluding ortho intramolecular Hbond substituents is 1. The van der Waals surface area contributed by atoms with Gasteiger partial charge in [-0.2, -0.15) is 0 Å². The lowest BCUT2D eigenvalue weighted by Crippen LogP contribution is -2.55. The van der Waals surface area contributed by atoms with E-state index in [-0.39, 0.29) is 173 Å². The summed E-state index contributed by atoms with van der Waals surface area (Å²) in [5.41, 5.74) is 20.8. The Labute approximate surface area is 777 Å². The van der Waals surface area contributed by atoms with E-state index in [1.807, 2.05) is 71.4 Å². The number of nitrogens with two attached hydrogens (primary N) is 2. The highest BCUT2D eigenvalue weighted by molar-refractivity contribution is 6.05. The number of benzene rings is 5. The summed E-state index contributed by atoms with van der Waals surface area (Å²) in [7, 11) is 0. The van der Waals surface area contributed by atoms with Gasteiger partial charge in [0.15, 0.2) is 11.6 Å². The van der Waals surface area contributed by atoms with E-state index in [1.165, 1.54) is 11.1 Å². The van der Waals surface area contributed by atoms with Crippen LogP contribution >= 0.6 is 0 Å². The molecule has 0 saturated heterocycles. The second kappa shape index (κ2) is 50.4. The molecule has 11 rings (SSSR count). The number of phenols is 1. The molecule has 6 aromatic rings. The highest BCUT2D eigenvalue weighted by atomic mass is 16.6. The zero-order valence-corrected chi connectivity index (χ0v) is 78.6. The van der Waals surface area contributed by atoms with Gasteiger partial charge in [-0.3, -0.25) is 38.4 Å². The van der Waals surface area contributed by atoms with Crippen LogP contribution < -0.4 is 38.1 Å². The van der Waals surface area contributed by atoms with Crippen LogP contribution in [0.4, 0.5) is 15.3 Å². The quantitative estimate of drug-likeness (QED) is 0.0130. The Hall–Kier alpha value is -9.98. The Bertz CT molecular complexity index is 4860. The average Bonchev–Trinajstić information content (AvgIpc) is 0.837. The normalized spacial score (nSPS) is 20.6. The fourth-order valence-corrected chi connectivity index (χ4v) is 20.9. The zero-order valence-electron chi connectivity index (χ0n) is 78.6. The predicted molar refractivity (Wildman–Crippen MR) is 502 cm³/mol. The van der Waals surface area contributed by atoms with Gasteiger partial charge in [-0.05, 0) is 200 Å². The number of aryl methyl sites for hydroxylation is 2. The van der Waals surface area contributed by atoms with Crippen LogP contribution in [-0.4, -0.2) is 203 Å². The summed E-state index contributed by atoms with van der Waals surface area (Å²) in [5.74, 6) is -3.07. The number of rotatable bonds is 56. The van der Waals surface area contributed by atoms with Crippen LogP contribution in [0.2, 0.25) is 0 Å². The van der Waals surface area contributed by atoms with Crippen molar-refractivity contribution in [3.8, 4) is 28.3 Å². The number of Topliss-reactive ketones (excluding diaryl/α,β-unsaturated/α-hetero) is 5.